The molecule has 1 N–H and O–H groups in total. The molecular weight excluding hydrogens is 298 g/mol. The number of pyridine rings is 1. The quantitative estimate of drug-likeness (QED) is 0.693. The van der Waals surface area contributed by atoms with Crippen LogP contribution in [0.2, 0.25) is 0 Å². The zero-order valence-electron chi connectivity index (χ0n) is 13.1. The molecule has 1 atom stereocenters. The van der Waals surface area contributed by atoms with Gasteiger partial charge in [-0.2, -0.15) is 0 Å². The summed E-state index contributed by atoms with van der Waals surface area (Å²) in [6.07, 6.45) is 0. The van der Waals surface area contributed by atoms with Crippen LogP contribution in [0.1, 0.15) is 24.2 Å². The number of carbonyl (C=O) groups excluding carboxylic acids is 1. The summed E-state index contributed by atoms with van der Waals surface area (Å²) >= 11 is 0. The van der Waals surface area contributed by atoms with Gasteiger partial charge in [-0.05, 0) is 39.0 Å². The fraction of sp³-hybridized carbons (Fsp3) is 0.250. The van der Waals surface area contributed by atoms with E-state index in [-0.39, 0.29) is 0 Å². The predicted molar refractivity (Wildman–Crippen MR) is 86.6 cm³/mol. The molecule has 120 valence electrons. The van der Waals surface area contributed by atoms with Gasteiger partial charge in [0.05, 0.1) is 4.92 Å². The van der Waals surface area contributed by atoms with Crippen LogP contribution in [0, 0.1) is 24.0 Å². The van der Waals surface area contributed by atoms with Crippen LogP contribution in [0.5, 0.6) is 0 Å². The third-order valence-electron chi connectivity index (χ3n) is 3.58. The van der Waals surface area contributed by atoms with Crippen molar-refractivity contribution in [2.75, 3.05) is 5.32 Å². The third kappa shape index (κ3) is 3.45. The lowest BCUT2D eigenvalue weighted by molar-refractivity contribution is -0.386. The van der Waals surface area contributed by atoms with Gasteiger partial charge in [-0.25, -0.2) is 0 Å². The lowest BCUT2D eigenvalue weighted by Gasteiger charge is -2.17. The van der Waals surface area contributed by atoms with E-state index in [1.54, 1.807) is 19.1 Å². The van der Waals surface area contributed by atoms with Crippen LogP contribution in [-0.4, -0.2) is 15.4 Å². The number of carbonyl (C=O) groups is 1. The SMILES string of the molecule is Cc1ccc(NC(=O)C(C)n2c(C)ccc([N+](=O)[O-])c2=O)cc1. The number of anilines is 1. The molecule has 0 bridgehead atoms. The van der Waals surface area contributed by atoms with E-state index in [1.807, 2.05) is 19.1 Å². The zero-order chi connectivity index (χ0) is 17.1. The molecule has 0 saturated heterocycles. The average Bonchev–Trinajstić information content (AvgIpc) is 2.49. The summed E-state index contributed by atoms with van der Waals surface area (Å²) in [5, 5.41) is 13.6. The van der Waals surface area contributed by atoms with Crippen LogP contribution in [-0.2, 0) is 4.79 Å². The summed E-state index contributed by atoms with van der Waals surface area (Å²) in [5.41, 5.74) is 0.796. The topological polar surface area (TPSA) is 94.2 Å². The van der Waals surface area contributed by atoms with Crippen molar-refractivity contribution in [1.82, 2.24) is 4.57 Å². The number of amides is 1. The second-order valence-electron chi connectivity index (χ2n) is 5.32. The van der Waals surface area contributed by atoms with E-state index in [0.29, 0.717) is 11.4 Å². The van der Waals surface area contributed by atoms with Gasteiger partial charge in [0.2, 0.25) is 5.91 Å². The second kappa shape index (κ2) is 6.43. The minimum absolute atomic E-state index is 0.417. The van der Waals surface area contributed by atoms with E-state index in [4.69, 9.17) is 0 Å². The maximum Gasteiger partial charge on any atom is 0.334 e. The van der Waals surface area contributed by atoms with Gasteiger partial charge in [-0.15, -0.1) is 0 Å². The molecule has 1 unspecified atom stereocenters. The lowest BCUT2D eigenvalue weighted by atomic mass is 10.2. The van der Waals surface area contributed by atoms with Crippen LogP contribution in [0.25, 0.3) is 0 Å². The molecule has 1 amide bonds. The molecule has 0 spiro atoms. The van der Waals surface area contributed by atoms with Crippen LogP contribution < -0.4 is 10.9 Å². The number of benzene rings is 1. The Kier molecular flexibility index (Phi) is 4.59. The summed E-state index contributed by atoms with van der Waals surface area (Å²) in [6.45, 7) is 5.09. The molecule has 0 aliphatic carbocycles. The number of rotatable bonds is 4. The molecule has 7 nitrogen and oxygen atoms in total. The van der Waals surface area contributed by atoms with Crippen molar-refractivity contribution >= 4 is 17.3 Å². The molecule has 0 aliphatic heterocycles. The largest absolute Gasteiger partial charge is 0.334 e. The number of nitrogens with one attached hydrogen (secondary N) is 1. The Morgan fingerprint density at radius 2 is 1.78 bits per heavy atom. The molecule has 0 aliphatic rings. The summed E-state index contributed by atoms with van der Waals surface area (Å²) in [4.78, 5) is 34.7. The standard InChI is InChI=1S/C16H17N3O4/c1-10-4-7-13(8-5-10)17-15(20)12(3)18-11(2)6-9-14(16(18)21)19(22)23/h4-9,12H,1-3H3,(H,17,20). The van der Waals surface area contributed by atoms with Crippen molar-refractivity contribution in [2.45, 2.75) is 26.8 Å². The highest BCUT2D eigenvalue weighted by atomic mass is 16.6. The highest BCUT2D eigenvalue weighted by Crippen LogP contribution is 2.15. The number of hydrogen-bond acceptors (Lipinski definition) is 4. The Morgan fingerprint density at radius 1 is 1.17 bits per heavy atom. The van der Waals surface area contributed by atoms with Crippen molar-refractivity contribution in [1.29, 1.82) is 0 Å². The lowest BCUT2D eigenvalue weighted by Crippen LogP contribution is -2.33. The molecule has 7 heteroatoms. The number of hydrogen-bond donors (Lipinski definition) is 1. The van der Waals surface area contributed by atoms with Crippen molar-refractivity contribution in [3.05, 3.63) is 68.1 Å². The molecule has 0 radical (unpaired) electrons. The molecule has 0 fully saturated rings. The normalized spacial score (nSPS) is 11.8. The van der Waals surface area contributed by atoms with E-state index < -0.39 is 28.1 Å². The smallest absolute Gasteiger partial charge is 0.324 e. The van der Waals surface area contributed by atoms with Gasteiger partial charge < -0.3 is 5.32 Å². The van der Waals surface area contributed by atoms with Gasteiger partial charge in [-0.3, -0.25) is 24.3 Å². The van der Waals surface area contributed by atoms with Gasteiger partial charge in [0.1, 0.15) is 6.04 Å². The molecular formula is C16H17N3O4. The van der Waals surface area contributed by atoms with Gasteiger partial charge in [0, 0.05) is 17.4 Å². The van der Waals surface area contributed by atoms with Crippen LogP contribution in [0.3, 0.4) is 0 Å². The number of aryl methyl sites for hydroxylation is 2. The zero-order valence-corrected chi connectivity index (χ0v) is 13.1. The van der Waals surface area contributed by atoms with Crippen molar-refractivity contribution in [2.24, 2.45) is 0 Å². The molecule has 1 heterocycles. The van der Waals surface area contributed by atoms with Gasteiger partial charge in [0.25, 0.3) is 0 Å². The van der Waals surface area contributed by atoms with Crippen LogP contribution >= 0.6 is 0 Å². The highest BCUT2D eigenvalue weighted by molar-refractivity contribution is 5.93. The Hall–Kier alpha value is -2.96. The minimum Gasteiger partial charge on any atom is -0.324 e. The van der Waals surface area contributed by atoms with Crippen molar-refractivity contribution in [3.8, 4) is 0 Å². The Morgan fingerprint density at radius 3 is 2.35 bits per heavy atom. The molecule has 1 aromatic heterocycles. The first-order valence-electron chi connectivity index (χ1n) is 7.05. The summed E-state index contributed by atoms with van der Waals surface area (Å²) in [6, 6.07) is 8.94. The van der Waals surface area contributed by atoms with Crippen molar-refractivity contribution < 1.29 is 9.72 Å². The summed E-state index contributed by atoms with van der Waals surface area (Å²) in [5.74, 6) is -0.417. The highest BCUT2D eigenvalue weighted by Gasteiger charge is 2.23. The second-order valence-corrected chi connectivity index (χ2v) is 5.32. The fourth-order valence-corrected chi connectivity index (χ4v) is 2.26. The fourth-order valence-electron chi connectivity index (χ4n) is 2.26. The number of aromatic nitrogens is 1. The first kappa shape index (κ1) is 16.4. The molecule has 1 aromatic carbocycles. The van der Waals surface area contributed by atoms with Gasteiger partial charge >= 0.3 is 11.2 Å². The number of nitrogens with zero attached hydrogens (tertiary/aromatic N) is 2. The maximum atomic E-state index is 12.3. The Labute approximate surface area is 132 Å². The third-order valence-corrected chi connectivity index (χ3v) is 3.58. The van der Waals surface area contributed by atoms with E-state index in [2.05, 4.69) is 5.32 Å². The molecule has 0 saturated carbocycles. The Balaban J connectivity index is 2.32. The number of nitro groups is 1. The predicted octanol–water partition coefficient (Wildman–Crippen LogP) is 2.57. The van der Waals surface area contributed by atoms with Gasteiger partial charge in [-0.1, -0.05) is 17.7 Å². The van der Waals surface area contributed by atoms with E-state index in [0.717, 1.165) is 16.2 Å². The molecule has 2 aromatic rings. The average molecular weight is 315 g/mol. The monoisotopic (exact) mass is 315 g/mol. The minimum atomic E-state index is -0.872. The first-order chi connectivity index (χ1) is 10.8. The summed E-state index contributed by atoms with van der Waals surface area (Å²) in [7, 11) is 0. The molecule has 23 heavy (non-hydrogen) atoms. The maximum absolute atomic E-state index is 12.3. The van der Waals surface area contributed by atoms with Gasteiger partial charge in [0.15, 0.2) is 0 Å². The van der Waals surface area contributed by atoms with E-state index in [1.165, 1.54) is 13.0 Å². The first-order valence-corrected chi connectivity index (χ1v) is 7.05. The van der Waals surface area contributed by atoms with Crippen molar-refractivity contribution in [3.63, 3.8) is 0 Å². The Bertz CT molecular complexity index is 809. The summed E-state index contributed by atoms with van der Waals surface area (Å²) < 4.78 is 1.13. The van der Waals surface area contributed by atoms with Crippen LogP contribution in [0.4, 0.5) is 11.4 Å². The van der Waals surface area contributed by atoms with E-state index in [9.17, 15) is 19.7 Å². The molecule has 2 rings (SSSR count). The van der Waals surface area contributed by atoms with Crippen LogP contribution in [0.15, 0.2) is 41.2 Å². The van der Waals surface area contributed by atoms with E-state index >= 15 is 0 Å².